The van der Waals surface area contributed by atoms with Gasteiger partial charge in [0.1, 0.15) is 6.61 Å². The average Bonchev–Trinajstić information content (AvgIpc) is 2.71. The first-order valence-electron chi connectivity index (χ1n) is 10.9. The normalized spacial score (nSPS) is 12.7. The van der Waals surface area contributed by atoms with Gasteiger partial charge in [-0.3, -0.25) is 4.79 Å². The molecule has 0 fully saturated rings. The molecular weight excluding hydrogens is 402 g/mol. The third kappa shape index (κ3) is 13.0. The van der Waals surface area contributed by atoms with Gasteiger partial charge in [0.15, 0.2) is 0 Å². The Labute approximate surface area is 186 Å². The second-order valence-electron chi connectivity index (χ2n) is 7.90. The highest BCUT2D eigenvalue weighted by molar-refractivity contribution is 5.87. The van der Waals surface area contributed by atoms with E-state index in [4.69, 9.17) is 14.2 Å². The lowest BCUT2D eigenvalue weighted by Gasteiger charge is -2.32. The molecule has 1 atom stereocenters. The van der Waals surface area contributed by atoms with Crippen molar-refractivity contribution in [2.75, 3.05) is 52.7 Å². The lowest BCUT2D eigenvalue weighted by atomic mass is 9.75. The number of esters is 1. The van der Waals surface area contributed by atoms with Gasteiger partial charge in [-0.05, 0) is 19.3 Å². The SMILES string of the molecule is C=C(C)C(=O)OCCNC(=O)NCCOCCOCCNC(=O)C(C)(CCC)C(C)C. The maximum atomic E-state index is 12.4. The second-order valence-corrected chi connectivity index (χ2v) is 7.90. The van der Waals surface area contributed by atoms with Crippen molar-refractivity contribution in [3.63, 3.8) is 0 Å². The van der Waals surface area contributed by atoms with Crippen molar-refractivity contribution in [3.05, 3.63) is 12.2 Å². The molecule has 0 rings (SSSR count). The van der Waals surface area contributed by atoms with Gasteiger partial charge in [-0.2, -0.15) is 0 Å². The van der Waals surface area contributed by atoms with Crippen molar-refractivity contribution in [2.45, 2.75) is 47.5 Å². The number of carbonyl (C=O) groups is 3. The quantitative estimate of drug-likeness (QED) is 0.180. The minimum absolute atomic E-state index is 0.0718. The van der Waals surface area contributed by atoms with Gasteiger partial charge in [-0.15, -0.1) is 0 Å². The fourth-order valence-electron chi connectivity index (χ4n) is 2.68. The fraction of sp³-hybridized carbons (Fsp3) is 0.773. The molecule has 31 heavy (non-hydrogen) atoms. The summed E-state index contributed by atoms with van der Waals surface area (Å²) in [6.07, 6.45) is 1.83. The zero-order valence-corrected chi connectivity index (χ0v) is 19.8. The van der Waals surface area contributed by atoms with Crippen molar-refractivity contribution >= 4 is 17.9 Å². The van der Waals surface area contributed by atoms with Gasteiger partial charge in [-0.25, -0.2) is 9.59 Å². The maximum absolute atomic E-state index is 12.4. The third-order valence-corrected chi connectivity index (χ3v) is 4.97. The summed E-state index contributed by atoms with van der Waals surface area (Å²) in [7, 11) is 0. The summed E-state index contributed by atoms with van der Waals surface area (Å²) in [5, 5.41) is 8.15. The topological polar surface area (TPSA) is 115 Å². The van der Waals surface area contributed by atoms with Crippen LogP contribution in [0.25, 0.3) is 0 Å². The summed E-state index contributed by atoms with van der Waals surface area (Å²) >= 11 is 0. The van der Waals surface area contributed by atoms with Gasteiger partial charge in [0.05, 0.1) is 33.0 Å². The summed E-state index contributed by atoms with van der Waals surface area (Å²) < 4.78 is 15.7. The molecule has 0 aromatic carbocycles. The van der Waals surface area contributed by atoms with Gasteiger partial charge < -0.3 is 30.2 Å². The van der Waals surface area contributed by atoms with Crippen LogP contribution in [-0.2, 0) is 23.8 Å². The summed E-state index contributed by atoms with van der Waals surface area (Å²) in [5.41, 5.74) is -0.0388. The molecule has 0 spiro atoms. The highest BCUT2D eigenvalue weighted by atomic mass is 16.5. The number of carbonyl (C=O) groups excluding carboxylic acids is 3. The Morgan fingerprint density at radius 1 is 0.903 bits per heavy atom. The van der Waals surface area contributed by atoms with E-state index in [0.717, 1.165) is 12.8 Å². The van der Waals surface area contributed by atoms with Crippen molar-refractivity contribution in [2.24, 2.45) is 11.3 Å². The van der Waals surface area contributed by atoms with E-state index in [1.165, 1.54) is 0 Å². The number of rotatable bonds is 17. The minimum Gasteiger partial charge on any atom is -0.460 e. The molecule has 1 unspecified atom stereocenters. The van der Waals surface area contributed by atoms with Gasteiger partial charge in [0, 0.05) is 24.1 Å². The van der Waals surface area contributed by atoms with Gasteiger partial charge >= 0.3 is 12.0 Å². The molecule has 0 radical (unpaired) electrons. The number of hydrogen-bond donors (Lipinski definition) is 3. The molecule has 3 N–H and O–H groups in total. The Balaban J connectivity index is 3.61. The zero-order chi connectivity index (χ0) is 23.7. The van der Waals surface area contributed by atoms with Crippen molar-refractivity contribution in [1.29, 1.82) is 0 Å². The van der Waals surface area contributed by atoms with Crippen LogP contribution in [0.4, 0.5) is 4.79 Å². The van der Waals surface area contributed by atoms with Gasteiger partial charge in [-0.1, -0.05) is 40.7 Å². The van der Waals surface area contributed by atoms with Gasteiger partial charge in [0.25, 0.3) is 0 Å². The first-order chi connectivity index (χ1) is 14.6. The van der Waals surface area contributed by atoms with Crippen LogP contribution in [0.2, 0.25) is 0 Å². The molecular formula is C22H41N3O6. The van der Waals surface area contributed by atoms with E-state index in [0.29, 0.717) is 45.1 Å². The number of hydrogen-bond acceptors (Lipinski definition) is 6. The largest absolute Gasteiger partial charge is 0.460 e. The monoisotopic (exact) mass is 443 g/mol. The van der Waals surface area contributed by atoms with E-state index in [-0.39, 0.29) is 36.4 Å². The van der Waals surface area contributed by atoms with E-state index in [2.05, 4.69) is 43.3 Å². The van der Waals surface area contributed by atoms with Crippen molar-refractivity contribution < 1.29 is 28.6 Å². The first kappa shape index (κ1) is 28.9. The Morgan fingerprint density at radius 3 is 1.90 bits per heavy atom. The minimum atomic E-state index is -0.481. The van der Waals surface area contributed by atoms with E-state index >= 15 is 0 Å². The van der Waals surface area contributed by atoms with Crippen LogP contribution in [0.5, 0.6) is 0 Å². The zero-order valence-electron chi connectivity index (χ0n) is 19.8. The summed E-state index contributed by atoms with van der Waals surface area (Å²) in [4.78, 5) is 35.1. The van der Waals surface area contributed by atoms with Crippen LogP contribution in [0.15, 0.2) is 12.2 Å². The fourth-order valence-corrected chi connectivity index (χ4v) is 2.68. The number of nitrogens with one attached hydrogen (secondary N) is 3. The molecule has 0 bridgehead atoms. The highest BCUT2D eigenvalue weighted by Gasteiger charge is 2.35. The number of ether oxygens (including phenoxy) is 3. The Kier molecular flexibility index (Phi) is 15.4. The second kappa shape index (κ2) is 16.5. The standard InChI is InChI=1S/C22H41N3O6/c1-7-8-22(6,18(4)5)20(27)23-9-12-29-15-16-30-13-10-24-21(28)25-11-14-31-19(26)17(2)3/h18H,2,7-16H2,1,3-6H3,(H,23,27)(H2,24,25,28). The van der Waals surface area contributed by atoms with Crippen LogP contribution in [0.1, 0.15) is 47.5 Å². The molecule has 0 aromatic rings. The van der Waals surface area contributed by atoms with Crippen LogP contribution in [0, 0.1) is 11.3 Å². The Hall–Kier alpha value is -2.13. The molecule has 0 saturated carbocycles. The summed E-state index contributed by atoms with van der Waals surface area (Å²) in [6, 6.07) is -0.363. The maximum Gasteiger partial charge on any atom is 0.333 e. The van der Waals surface area contributed by atoms with Crippen LogP contribution < -0.4 is 16.0 Å². The van der Waals surface area contributed by atoms with E-state index in [1.54, 1.807) is 6.92 Å². The number of urea groups is 1. The molecule has 0 aliphatic carbocycles. The summed E-state index contributed by atoms with van der Waals surface area (Å²) in [6.45, 7) is 16.0. The first-order valence-corrected chi connectivity index (χ1v) is 10.9. The molecule has 9 nitrogen and oxygen atoms in total. The van der Waals surface area contributed by atoms with E-state index in [1.807, 2.05) is 6.92 Å². The Bertz CT molecular complexity index is 567. The molecule has 3 amide bonds. The average molecular weight is 444 g/mol. The predicted molar refractivity (Wildman–Crippen MR) is 120 cm³/mol. The number of amides is 3. The highest BCUT2D eigenvalue weighted by Crippen LogP contribution is 2.32. The van der Waals surface area contributed by atoms with Gasteiger partial charge in [0.2, 0.25) is 5.91 Å². The molecule has 0 aliphatic heterocycles. The van der Waals surface area contributed by atoms with Crippen LogP contribution in [0.3, 0.4) is 0 Å². The molecule has 9 heteroatoms. The lowest BCUT2D eigenvalue weighted by molar-refractivity contribution is -0.138. The van der Waals surface area contributed by atoms with E-state index < -0.39 is 5.97 Å². The predicted octanol–water partition coefficient (Wildman–Crippen LogP) is 2.02. The molecule has 0 heterocycles. The molecule has 0 aromatic heterocycles. The lowest BCUT2D eigenvalue weighted by Crippen LogP contribution is -2.43. The van der Waals surface area contributed by atoms with Crippen LogP contribution >= 0.6 is 0 Å². The van der Waals surface area contributed by atoms with E-state index in [9.17, 15) is 14.4 Å². The van der Waals surface area contributed by atoms with Crippen molar-refractivity contribution in [3.8, 4) is 0 Å². The van der Waals surface area contributed by atoms with Crippen LogP contribution in [-0.4, -0.2) is 70.6 Å². The summed E-state index contributed by atoms with van der Waals surface area (Å²) in [5.74, 6) is -0.134. The smallest absolute Gasteiger partial charge is 0.333 e. The van der Waals surface area contributed by atoms with Crippen molar-refractivity contribution in [1.82, 2.24) is 16.0 Å². The third-order valence-electron chi connectivity index (χ3n) is 4.97. The Morgan fingerprint density at radius 2 is 1.42 bits per heavy atom. The molecule has 0 aliphatic rings. The molecule has 0 saturated heterocycles. The molecule has 180 valence electrons.